The van der Waals surface area contributed by atoms with Gasteiger partial charge in [-0.1, -0.05) is 27.7 Å². The first kappa shape index (κ1) is 90.8. The largest absolute Gasteiger partial charge is 0.394 e. The summed E-state index contributed by atoms with van der Waals surface area (Å²) in [6, 6.07) is 0. The van der Waals surface area contributed by atoms with Gasteiger partial charge in [-0.05, 0) is 101 Å². The molecule has 9 aliphatic heterocycles. The van der Waals surface area contributed by atoms with E-state index in [1.165, 1.54) is 20.8 Å². The zero-order valence-electron chi connectivity index (χ0n) is 65.0. The number of ether oxygens (including phenoxy) is 17. The Balaban J connectivity index is 0.651. The number of Topliss-reactive ketones (excluding diaryl/α,β-unsaturated/α-hetero) is 1. The normalized spacial score (nSPS) is 55.8. The molecule has 51 atom stereocenters. The van der Waals surface area contributed by atoms with Crippen LogP contribution in [0.1, 0.15) is 106 Å². The third kappa shape index (κ3) is 17.1. The molecule has 0 aromatic carbocycles. The van der Waals surface area contributed by atoms with Gasteiger partial charge in [0.2, 0.25) is 0 Å². The Morgan fingerprint density at radius 3 is 1.50 bits per heavy atom. The minimum Gasteiger partial charge on any atom is -0.394 e. The summed E-state index contributed by atoms with van der Waals surface area (Å²) in [4.78, 5) is 15.0. The number of fused-ring (bicyclic) bond motifs is 7. The van der Waals surface area contributed by atoms with Gasteiger partial charge < -0.3 is 198 Å². The summed E-state index contributed by atoms with van der Waals surface area (Å²) in [5.41, 5.74) is -1.09. The minimum absolute atomic E-state index is 0.0143. The van der Waals surface area contributed by atoms with Gasteiger partial charge in [-0.3, -0.25) is 4.79 Å². The van der Waals surface area contributed by atoms with Crippen LogP contribution in [0.3, 0.4) is 0 Å². The van der Waals surface area contributed by atoms with E-state index in [9.17, 15) is 122 Å². The van der Waals surface area contributed by atoms with Gasteiger partial charge in [0, 0.05) is 30.1 Å². The van der Waals surface area contributed by atoms with Gasteiger partial charge in [0.25, 0.3) is 0 Å². The third-order valence-electron chi connectivity index (χ3n) is 27.9. The maximum absolute atomic E-state index is 15.0. The predicted molar refractivity (Wildman–Crippen MR) is 372 cm³/mol. The Bertz CT molecular complexity index is 3160. The van der Waals surface area contributed by atoms with Crippen molar-refractivity contribution in [1.82, 2.24) is 0 Å². The summed E-state index contributed by atoms with van der Waals surface area (Å²) >= 11 is 0. The fourth-order valence-corrected chi connectivity index (χ4v) is 20.8. The average Bonchev–Trinajstić information content (AvgIpc) is 1.54. The van der Waals surface area contributed by atoms with E-state index in [0.29, 0.717) is 38.5 Å². The molecule has 4 aliphatic carbocycles. The van der Waals surface area contributed by atoms with Crippen LogP contribution >= 0.6 is 0 Å². The number of aliphatic hydroxyl groups excluding tert-OH is 22. The molecule has 41 heteroatoms. The Morgan fingerprint density at radius 1 is 0.435 bits per heavy atom. The van der Waals surface area contributed by atoms with E-state index in [1.807, 2.05) is 20.8 Å². The molecule has 13 fully saturated rings. The van der Waals surface area contributed by atoms with Crippen LogP contribution in [0.4, 0.5) is 0 Å². The molecule has 0 spiro atoms. The van der Waals surface area contributed by atoms with Crippen LogP contribution in [0.5, 0.6) is 0 Å². The van der Waals surface area contributed by atoms with E-state index in [2.05, 4.69) is 6.92 Å². The van der Waals surface area contributed by atoms with Crippen molar-refractivity contribution < 1.29 is 203 Å². The number of carbonyl (C=O) groups excluding carboxylic acids is 1. The Kier molecular flexibility index (Phi) is 28.7. The molecule has 9 heterocycles. The molecule has 0 aromatic rings. The van der Waals surface area contributed by atoms with Gasteiger partial charge in [-0.25, -0.2) is 0 Å². The van der Waals surface area contributed by atoms with Gasteiger partial charge in [-0.2, -0.15) is 0 Å². The highest BCUT2D eigenvalue weighted by atomic mass is 16.8. The standard InChI is InChI=1S/C74H122O41/c1-23(21-99-64-52(92)48(88)44(84)35(17-75)105-64)10-13-74(98)24(2)40-34(115-74)15-32-30-9-8-28-14-29(11-12-72(28,6)31(30)16-39(80)73(32,40)7)104-68-55(95)49(89)59(37(19-77)107-68)110-69-56(96)50(90)60(38(20-78)108-69)111-71-63(114-65-51(91)43(83)33(79)22-100-65)61(45(85)36(18-76)106-71)112-70-62(113-67-54(94)47(87)42(82)26(4)102-67)57(97)58(27(5)103-70)109-66-53(93)46(86)41(81)25(3)101-66/h23-38,40-71,75-79,81-98H,8-22H2,1-7H3/t23-,24?,25-,26-,27-,28+,29+,30?,31?,32?,33-,34?,35-,36-,37-,38-,40?,41-,42-,43+,44-,45-,46+,47+,48+,49-,50-,51-,52-,53+,54+,55-,56-,57+,58-,59+,60-,61+,62+,63-,64-,65+,66-,67-,68-,69+,70-,71+,72+,73-,74-/m1/s1. The van der Waals surface area contributed by atoms with Crippen LogP contribution in [0.25, 0.3) is 0 Å². The Labute approximate surface area is 662 Å². The molecule has 23 N–H and O–H groups in total. The van der Waals surface area contributed by atoms with Gasteiger partial charge in [0.15, 0.2) is 56.1 Å². The van der Waals surface area contributed by atoms with Gasteiger partial charge in [0.05, 0.1) is 70.2 Å². The molecule has 664 valence electrons. The Morgan fingerprint density at radius 2 is 0.904 bits per heavy atom. The highest BCUT2D eigenvalue weighted by molar-refractivity contribution is 5.87. The fourth-order valence-electron chi connectivity index (χ4n) is 20.8. The van der Waals surface area contributed by atoms with Crippen molar-refractivity contribution in [1.29, 1.82) is 0 Å². The van der Waals surface area contributed by atoms with Crippen LogP contribution in [-0.2, 0) is 85.3 Å². The molecular weight excluding hydrogens is 1540 g/mol. The summed E-state index contributed by atoms with van der Waals surface area (Å²) < 4.78 is 103. The van der Waals surface area contributed by atoms with E-state index < -0.39 is 296 Å². The second kappa shape index (κ2) is 36.3. The molecule has 9 saturated heterocycles. The average molecular weight is 1670 g/mol. The summed E-state index contributed by atoms with van der Waals surface area (Å²) in [6.45, 7) is 7.79. The van der Waals surface area contributed by atoms with Crippen molar-refractivity contribution in [2.24, 2.45) is 52.3 Å². The maximum atomic E-state index is 15.0. The second-order valence-electron chi connectivity index (χ2n) is 34.9. The van der Waals surface area contributed by atoms with Gasteiger partial charge in [0.1, 0.15) is 177 Å². The zero-order valence-corrected chi connectivity index (χ0v) is 65.0. The van der Waals surface area contributed by atoms with Crippen LogP contribution in [-0.4, -0.2) is 420 Å². The van der Waals surface area contributed by atoms with Crippen LogP contribution in [0.15, 0.2) is 0 Å². The molecule has 41 nitrogen and oxygen atoms in total. The molecule has 13 rings (SSSR count). The first-order valence-corrected chi connectivity index (χ1v) is 40.4. The maximum Gasteiger partial charge on any atom is 0.187 e. The number of ketones is 1. The molecule has 0 aromatic heterocycles. The number of aliphatic hydroxyl groups is 23. The molecule has 6 unspecified atom stereocenters. The van der Waals surface area contributed by atoms with Crippen molar-refractivity contribution in [2.75, 3.05) is 39.6 Å². The van der Waals surface area contributed by atoms with E-state index in [4.69, 9.17) is 80.5 Å². The highest BCUT2D eigenvalue weighted by Gasteiger charge is 2.72. The van der Waals surface area contributed by atoms with E-state index in [1.54, 1.807) is 0 Å². The molecule has 0 bridgehead atoms. The molecule has 13 aliphatic rings. The third-order valence-corrected chi connectivity index (χ3v) is 27.9. The SMILES string of the molecule is CC1C2C(CC3C4CC[C@H]5C[C@@H](O[C@@H]6O[C@H](CO)[C@H](O[C@@H]7O[C@H](CO)[C@@H](O[C@@H]8O[C@H](CO)[C@@H](O)[C@H](O[C@H]9O[C@H](C)[C@@H](O[C@H]%10O[C@H](C)[C@@H](O)[C@H](O)[C@@H]%10O)[C@H](O)[C@@H]9O[C@H]9O[C@H](C)[C@@H](O)[C@H](O)[C@@H]9O)[C@H]8O[C@@H]8OC[C@@H](O)[C@H](O)[C@H]8O)[C@H](O)[C@H]7O)[C@H](O)[C@H]6O)CC[C@]5(C)C4CC(=O)[C@@]32C)O[C@]1(O)CC[C@@H](C)CO[C@@H]1O[C@H](CO)[C@@H](O)[C@H](O)[C@H]1O. The van der Waals surface area contributed by atoms with Crippen molar-refractivity contribution in [2.45, 2.75) is 364 Å². The van der Waals surface area contributed by atoms with E-state index in [0.717, 1.165) is 12.8 Å². The van der Waals surface area contributed by atoms with Gasteiger partial charge in [-0.15, -0.1) is 0 Å². The number of hydrogen-bond donors (Lipinski definition) is 23. The van der Waals surface area contributed by atoms with Crippen molar-refractivity contribution in [3.05, 3.63) is 0 Å². The lowest BCUT2D eigenvalue weighted by Gasteiger charge is -2.60. The van der Waals surface area contributed by atoms with Crippen LogP contribution in [0, 0.1) is 52.3 Å². The van der Waals surface area contributed by atoms with Crippen LogP contribution in [0.2, 0.25) is 0 Å². The second-order valence-corrected chi connectivity index (χ2v) is 34.9. The molecular formula is C74H122O41. The summed E-state index contributed by atoms with van der Waals surface area (Å²) in [6.07, 6.45) is -66.8. The molecule has 4 saturated carbocycles. The zero-order chi connectivity index (χ0) is 83.4. The van der Waals surface area contributed by atoms with E-state index >= 15 is 0 Å². The highest BCUT2D eigenvalue weighted by Crippen LogP contribution is 2.70. The summed E-state index contributed by atoms with van der Waals surface area (Å²) in [5.74, 6) is -2.05. The smallest absolute Gasteiger partial charge is 0.187 e. The number of hydrogen-bond acceptors (Lipinski definition) is 41. The quantitative estimate of drug-likeness (QED) is 0.0399. The summed E-state index contributed by atoms with van der Waals surface area (Å²) in [7, 11) is 0. The van der Waals surface area contributed by atoms with Gasteiger partial charge >= 0.3 is 0 Å². The lowest BCUT2D eigenvalue weighted by atomic mass is 9.44. The van der Waals surface area contributed by atoms with Crippen LogP contribution < -0.4 is 0 Å². The number of carbonyl (C=O) groups is 1. The van der Waals surface area contributed by atoms with Crippen molar-refractivity contribution >= 4 is 5.78 Å². The topological polar surface area (TPSA) is 639 Å². The first-order valence-electron chi connectivity index (χ1n) is 40.4. The lowest BCUT2D eigenvalue weighted by Crippen LogP contribution is -2.69. The van der Waals surface area contributed by atoms with E-state index in [-0.39, 0.29) is 65.8 Å². The molecule has 115 heavy (non-hydrogen) atoms. The summed E-state index contributed by atoms with van der Waals surface area (Å²) in [5, 5.41) is 255. The van der Waals surface area contributed by atoms with Crippen molar-refractivity contribution in [3.63, 3.8) is 0 Å². The lowest BCUT2D eigenvalue weighted by molar-refractivity contribution is -0.416. The van der Waals surface area contributed by atoms with Crippen molar-refractivity contribution in [3.8, 4) is 0 Å². The number of rotatable bonds is 24. The first-order chi connectivity index (χ1) is 54.3. The minimum atomic E-state index is -2.24. The monoisotopic (exact) mass is 1670 g/mol. The molecule has 0 radical (unpaired) electrons. The molecule has 0 amide bonds. The Hall–Kier alpha value is -1.93. The predicted octanol–water partition coefficient (Wildman–Crippen LogP) is -9.76. The fraction of sp³-hybridized carbons (Fsp3) is 0.986.